The van der Waals surface area contributed by atoms with Crippen molar-refractivity contribution in [3.8, 4) is 11.1 Å². The first-order valence-corrected chi connectivity index (χ1v) is 8.94. The molecule has 29 heavy (non-hydrogen) atoms. The van der Waals surface area contributed by atoms with Crippen LogP contribution < -0.4 is 10.2 Å². The van der Waals surface area contributed by atoms with Gasteiger partial charge in [-0.3, -0.25) is 9.89 Å². The molecule has 0 aliphatic heterocycles. The molecule has 7 heteroatoms. The predicted octanol–water partition coefficient (Wildman–Crippen LogP) is 4.83. The Morgan fingerprint density at radius 3 is 2.38 bits per heavy atom. The van der Waals surface area contributed by atoms with Crippen LogP contribution in [0.2, 0.25) is 0 Å². The molecule has 4 rings (SSSR count). The Bertz CT molecular complexity index is 1200. The first-order valence-electron chi connectivity index (χ1n) is 8.94. The molecule has 0 aliphatic rings. The Kier molecular flexibility index (Phi) is 4.72. The molecular weight excluding hydrogens is 374 g/mol. The Balaban J connectivity index is 1.60. The Morgan fingerprint density at radius 1 is 0.966 bits per heavy atom. The molecule has 0 unspecified atom stereocenters. The van der Waals surface area contributed by atoms with E-state index in [1.807, 2.05) is 61.5 Å². The maximum Gasteiger partial charge on any atom is 0.259 e. The molecule has 1 heterocycles. The minimum absolute atomic E-state index is 0.250. The van der Waals surface area contributed by atoms with Crippen molar-refractivity contribution in [1.82, 2.24) is 10.2 Å². The van der Waals surface area contributed by atoms with Gasteiger partial charge in [0, 0.05) is 31.2 Å². The van der Waals surface area contributed by atoms with Gasteiger partial charge in [-0.1, -0.05) is 18.2 Å². The van der Waals surface area contributed by atoms with Crippen LogP contribution in [-0.4, -0.2) is 30.2 Å². The van der Waals surface area contributed by atoms with Gasteiger partial charge in [0.2, 0.25) is 0 Å². The van der Waals surface area contributed by atoms with Gasteiger partial charge in [-0.25, -0.2) is 8.78 Å². The number of amides is 1. The number of rotatable bonds is 4. The van der Waals surface area contributed by atoms with Crippen molar-refractivity contribution in [3.63, 3.8) is 0 Å². The van der Waals surface area contributed by atoms with E-state index in [1.165, 1.54) is 0 Å². The third-order valence-electron chi connectivity index (χ3n) is 4.69. The summed E-state index contributed by atoms with van der Waals surface area (Å²) in [5.74, 6) is -2.08. The Labute approximate surface area is 166 Å². The van der Waals surface area contributed by atoms with Crippen molar-refractivity contribution in [2.24, 2.45) is 0 Å². The smallest absolute Gasteiger partial charge is 0.259 e. The van der Waals surface area contributed by atoms with Crippen LogP contribution in [-0.2, 0) is 0 Å². The zero-order valence-corrected chi connectivity index (χ0v) is 15.8. The molecule has 0 aliphatic carbocycles. The van der Waals surface area contributed by atoms with Crippen LogP contribution in [0.5, 0.6) is 0 Å². The largest absolute Gasteiger partial charge is 0.378 e. The average molecular weight is 392 g/mol. The highest BCUT2D eigenvalue weighted by molar-refractivity contribution is 6.08. The number of aromatic nitrogens is 2. The monoisotopic (exact) mass is 392 g/mol. The van der Waals surface area contributed by atoms with Crippen LogP contribution in [0.1, 0.15) is 10.4 Å². The van der Waals surface area contributed by atoms with E-state index in [9.17, 15) is 13.6 Å². The summed E-state index contributed by atoms with van der Waals surface area (Å²) in [5, 5.41) is 10.3. The fraction of sp³-hybridized carbons (Fsp3) is 0.0909. The zero-order chi connectivity index (χ0) is 20.5. The van der Waals surface area contributed by atoms with E-state index in [2.05, 4.69) is 15.5 Å². The van der Waals surface area contributed by atoms with Gasteiger partial charge < -0.3 is 10.2 Å². The van der Waals surface area contributed by atoms with Gasteiger partial charge in [0.25, 0.3) is 5.91 Å². The number of fused-ring (bicyclic) bond motifs is 1. The topological polar surface area (TPSA) is 61.0 Å². The molecule has 1 amide bonds. The minimum Gasteiger partial charge on any atom is -0.378 e. The molecular formula is C22H18F2N4O. The van der Waals surface area contributed by atoms with Crippen molar-refractivity contribution in [3.05, 3.63) is 77.9 Å². The van der Waals surface area contributed by atoms with E-state index < -0.39 is 17.5 Å². The van der Waals surface area contributed by atoms with Gasteiger partial charge in [0.05, 0.1) is 11.1 Å². The average Bonchev–Trinajstić information content (AvgIpc) is 3.10. The summed E-state index contributed by atoms with van der Waals surface area (Å²) in [6.07, 6.45) is 0. The molecule has 0 atom stereocenters. The fourth-order valence-electron chi connectivity index (χ4n) is 3.09. The SMILES string of the molecule is CN(C)c1ccc(-c2ccc3c(NC(=O)c4ccc(F)cc4F)n[nH]c3c2)cc1. The molecule has 5 nitrogen and oxygen atoms in total. The van der Waals surface area contributed by atoms with Crippen LogP contribution >= 0.6 is 0 Å². The van der Waals surface area contributed by atoms with Crippen LogP contribution in [0.3, 0.4) is 0 Å². The predicted molar refractivity (Wildman–Crippen MR) is 110 cm³/mol. The van der Waals surface area contributed by atoms with Gasteiger partial charge in [-0.15, -0.1) is 0 Å². The normalized spacial score (nSPS) is 10.9. The number of anilines is 2. The molecule has 146 valence electrons. The highest BCUT2D eigenvalue weighted by Gasteiger charge is 2.16. The number of H-pyrrole nitrogens is 1. The second-order valence-electron chi connectivity index (χ2n) is 6.85. The molecule has 0 saturated heterocycles. The molecule has 0 bridgehead atoms. The van der Waals surface area contributed by atoms with Gasteiger partial charge in [-0.2, -0.15) is 5.10 Å². The van der Waals surface area contributed by atoms with Crippen LogP contribution in [0.4, 0.5) is 20.3 Å². The first-order chi connectivity index (χ1) is 13.9. The van der Waals surface area contributed by atoms with Gasteiger partial charge in [-0.05, 0) is 47.5 Å². The molecule has 0 radical (unpaired) electrons. The highest BCUT2D eigenvalue weighted by Crippen LogP contribution is 2.28. The van der Waals surface area contributed by atoms with E-state index in [0.717, 1.165) is 34.5 Å². The zero-order valence-electron chi connectivity index (χ0n) is 15.8. The standard InChI is InChI=1S/C22H18F2N4O/c1-28(2)16-7-3-13(4-8-16)14-5-9-18-20(11-14)26-27-21(18)25-22(29)17-10-6-15(23)12-19(17)24/h3-12H,1-2H3,(H2,25,26,27,29). The van der Waals surface area contributed by atoms with E-state index >= 15 is 0 Å². The van der Waals surface area contributed by atoms with Crippen molar-refractivity contribution in [1.29, 1.82) is 0 Å². The number of aromatic amines is 1. The summed E-state index contributed by atoms with van der Waals surface area (Å²) in [6, 6.07) is 16.6. The number of nitrogens with zero attached hydrogens (tertiary/aromatic N) is 2. The maximum absolute atomic E-state index is 13.8. The summed E-state index contributed by atoms with van der Waals surface area (Å²) in [7, 11) is 3.97. The lowest BCUT2D eigenvalue weighted by molar-refractivity contribution is 0.102. The number of hydrogen-bond donors (Lipinski definition) is 2. The summed E-state index contributed by atoms with van der Waals surface area (Å²) < 4.78 is 26.9. The molecule has 0 spiro atoms. The maximum atomic E-state index is 13.8. The molecule has 0 saturated carbocycles. The van der Waals surface area contributed by atoms with Crippen molar-refractivity contribution in [2.45, 2.75) is 0 Å². The third-order valence-corrected chi connectivity index (χ3v) is 4.69. The number of carbonyl (C=O) groups excluding carboxylic acids is 1. The number of halogens is 2. The van der Waals surface area contributed by atoms with Crippen molar-refractivity contribution in [2.75, 3.05) is 24.3 Å². The number of carbonyl (C=O) groups is 1. The second-order valence-corrected chi connectivity index (χ2v) is 6.85. The fourth-order valence-corrected chi connectivity index (χ4v) is 3.09. The summed E-state index contributed by atoms with van der Waals surface area (Å²) in [4.78, 5) is 14.4. The van der Waals surface area contributed by atoms with Gasteiger partial charge in [0.1, 0.15) is 11.6 Å². The number of hydrogen-bond acceptors (Lipinski definition) is 3. The molecule has 0 fully saturated rings. The lowest BCUT2D eigenvalue weighted by Gasteiger charge is -2.12. The minimum atomic E-state index is -0.925. The van der Waals surface area contributed by atoms with Crippen LogP contribution in [0.15, 0.2) is 60.7 Å². The lowest BCUT2D eigenvalue weighted by Crippen LogP contribution is -2.14. The number of nitrogens with one attached hydrogen (secondary N) is 2. The van der Waals surface area contributed by atoms with Crippen molar-refractivity contribution < 1.29 is 13.6 Å². The van der Waals surface area contributed by atoms with E-state index in [4.69, 9.17) is 0 Å². The summed E-state index contributed by atoms with van der Waals surface area (Å²) in [5.41, 5.74) is 3.63. The number of benzene rings is 3. The first kappa shape index (κ1) is 18.6. The van der Waals surface area contributed by atoms with E-state index in [-0.39, 0.29) is 11.4 Å². The van der Waals surface area contributed by atoms with E-state index in [0.29, 0.717) is 11.5 Å². The van der Waals surface area contributed by atoms with Crippen LogP contribution in [0.25, 0.3) is 22.0 Å². The van der Waals surface area contributed by atoms with Gasteiger partial charge in [0.15, 0.2) is 5.82 Å². The lowest BCUT2D eigenvalue weighted by atomic mass is 10.0. The second kappa shape index (κ2) is 7.35. The molecule has 4 aromatic rings. The Morgan fingerprint density at radius 2 is 1.69 bits per heavy atom. The summed E-state index contributed by atoms with van der Waals surface area (Å²) in [6.45, 7) is 0. The highest BCUT2D eigenvalue weighted by atomic mass is 19.1. The molecule has 2 N–H and O–H groups in total. The van der Waals surface area contributed by atoms with E-state index in [1.54, 1.807) is 0 Å². The molecule has 1 aromatic heterocycles. The van der Waals surface area contributed by atoms with Crippen LogP contribution in [0, 0.1) is 11.6 Å². The van der Waals surface area contributed by atoms with Gasteiger partial charge >= 0.3 is 0 Å². The van der Waals surface area contributed by atoms with Crippen molar-refractivity contribution >= 4 is 28.3 Å². The molecule has 3 aromatic carbocycles. The quantitative estimate of drug-likeness (QED) is 0.523. The third kappa shape index (κ3) is 3.67. The summed E-state index contributed by atoms with van der Waals surface area (Å²) >= 11 is 0. The Hall–Kier alpha value is -3.74.